The Balaban J connectivity index is 2.04. The zero-order valence-corrected chi connectivity index (χ0v) is 13.8. The van der Waals surface area contributed by atoms with Gasteiger partial charge in [0.1, 0.15) is 0 Å². The number of rotatable bonds is 5. The van der Waals surface area contributed by atoms with E-state index < -0.39 is 21.8 Å². The number of piperidine rings is 1. The smallest absolute Gasteiger partial charge is 0.302 e. The lowest BCUT2D eigenvalue weighted by Gasteiger charge is -2.26. The molecule has 8 heteroatoms. The van der Waals surface area contributed by atoms with Crippen molar-refractivity contribution in [3.05, 3.63) is 29.3 Å². The first-order chi connectivity index (χ1) is 10.7. The minimum absolute atomic E-state index is 0.00441. The van der Waals surface area contributed by atoms with Crippen LogP contribution in [0.2, 0.25) is 0 Å². The van der Waals surface area contributed by atoms with Crippen molar-refractivity contribution in [3.8, 4) is 0 Å². The third-order valence-electron chi connectivity index (χ3n) is 3.99. The van der Waals surface area contributed by atoms with Crippen LogP contribution in [0.4, 0.5) is 13.2 Å². The maximum absolute atomic E-state index is 12.9. The summed E-state index contributed by atoms with van der Waals surface area (Å²) in [7, 11) is -3.94. The predicted molar refractivity (Wildman–Crippen MR) is 81.7 cm³/mol. The number of sulfonamides is 1. The van der Waals surface area contributed by atoms with Gasteiger partial charge in [0.25, 0.3) is 0 Å². The van der Waals surface area contributed by atoms with E-state index in [1.165, 1.54) is 25.5 Å². The first-order valence-electron chi connectivity index (χ1n) is 7.60. The number of halogens is 3. The van der Waals surface area contributed by atoms with Crippen molar-refractivity contribution in [1.82, 2.24) is 9.62 Å². The quantitative estimate of drug-likeness (QED) is 0.888. The van der Waals surface area contributed by atoms with E-state index in [2.05, 4.69) is 9.62 Å². The molecule has 1 heterocycles. The van der Waals surface area contributed by atoms with Gasteiger partial charge < -0.3 is 4.90 Å². The molecule has 0 amide bonds. The summed E-state index contributed by atoms with van der Waals surface area (Å²) in [5.74, 6) is 0. The highest BCUT2D eigenvalue weighted by molar-refractivity contribution is 7.89. The zero-order valence-electron chi connectivity index (χ0n) is 13.0. The van der Waals surface area contributed by atoms with E-state index in [-0.39, 0.29) is 17.0 Å². The van der Waals surface area contributed by atoms with Gasteiger partial charge in [-0.25, -0.2) is 13.1 Å². The molecule has 1 aromatic rings. The Morgan fingerprint density at radius 3 is 2.43 bits per heavy atom. The molecule has 1 fully saturated rings. The molecule has 0 aliphatic carbocycles. The largest absolute Gasteiger partial charge is 0.416 e. The van der Waals surface area contributed by atoms with Gasteiger partial charge in [-0.3, -0.25) is 0 Å². The van der Waals surface area contributed by atoms with Gasteiger partial charge in [-0.2, -0.15) is 13.2 Å². The van der Waals surface area contributed by atoms with Gasteiger partial charge in [0.05, 0.1) is 10.5 Å². The monoisotopic (exact) mass is 350 g/mol. The molecule has 1 aliphatic heterocycles. The second-order valence-electron chi connectivity index (χ2n) is 5.77. The fraction of sp³-hybridized carbons (Fsp3) is 0.600. The van der Waals surface area contributed by atoms with Crippen molar-refractivity contribution < 1.29 is 21.6 Å². The standard InChI is InChI=1S/C15H21F3N2O2S/c1-12-5-6-13(11-14(12)15(16,17)18)23(21,22)19-7-10-20-8-3-2-4-9-20/h5-6,11,19H,2-4,7-10H2,1H3. The summed E-state index contributed by atoms with van der Waals surface area (Å²) in [5.41, 5.74) is -0.916. The van der Waals surface area contributed by atoms with E-state index in [0.29, 0.717) is 12.6 Å². The number of benzene rings is 1. The van der Waals surface area contributed by atoms with Crippen LogP contribution in [0.3, 0.4) is 0 Å². The summed E-state index contributed by atoms with van der Waals surface area (Å²) in [6.45, 7) is 3.94. The number of hydrogen-bond acceptors (Lipinski definition) is 3. The second kappa shape index (κ2) is 7.19. The number of nitrogens with one attached hydrogen (secondary N) is 1. The first kappa shape index (κ1) is 18.2. The molecule has 0 unspecified atom stereocenters. The summed E-state index contributed by atoms with van der Waals surface area (Å²) in [5, 5.41) is 0. The highest BCUT2D eigenvalue weighted by Crippen LogP contribution is 2.33. The van der Waals surface area contributed by atoms with Crippen molar-refractivity contribution in [1.29, 1.82) is 0 Å². The normalized spacial score (nSPS) is 17.4. The molecule has 0 saturated carbocycles. The molecule has 1 aliphatic rings. The number of hydrogen-bond donors (Lipinski definition) is 1. The maximum Gasteiger partial charge on any atom is 0.416 e. The van der Waals surface area contributed by atoms with Crippen LogP contribution in [0.1, 0.15) is 30.4 Å². The lowest BCUT2D eigenvalue weighted by Crippen LogP contribution is -2.37. The highest BCUT2D eigenvalue weighted by atomic mass is 32.2. The van der Waals surface area contributed by atoms with E-state index in [1.54, 1.807) is 0 Å². The Kier molecular flexibility index (Phi) is 5.70. The highest BCUT2D eigenvalue weighted by Gasteiger charge is 2.33. The van der Waals surface area contributed by atoms with Crippen LogP contribution < -0.4 is 4.72 Å². The third kappa shape index (κ3) is 4.92. The summed E-state index contributed by atoms with van der Waals surface area (Å²) in [6, 6.07) is 3.08. The molecule has 4 nitrogen and oxygen atoms in total. The van der Waals surface area contributed by atoms with Gasteiger partial charge in [0, 0.05) is 13.1 Å². The molecular weight excluding hydrogens is 329 g/mol. The fourth-order valence-electron chi connectivity index (χ4n) is 2.68. The fourth-order valence-corrected chi connectivity index (χ4v) is 3.73. The number of likely N-dealkylation sites (tertiary alicyclic amines) is 1. The van der Waals surface area contributed by atoms with Crippen molar-refractivity contribution in [3.63, 3.8) is 0 Å². The van der Waals surface area contributed by atoms with E-state index in [9.17, 15) is 21.6 Å². The average Bonchev–Trinajstić information content (AvgIpc) is 2.47. The molecule has 0 bridgehead atoms. The maximum atomic E-state index is 12.9. The SMILES string of the molecule is Cc1ccc(S(=O)(=O)NCCN2CCCCC2)cc1C(F)(F)F. The van der Waals surface area contributed by atoms with Gasteiger partial charge in [-0.1, -0.05) is 12.5 Å². The molecule has 1 aromatic carbocycles. The second-order valence-corrected chi connectivity index (χ2v) is 7.54. The summed E-state index contributed by atoms with van der Waals surface area (Å²) in [6.07, 6.45) is -1.19. The van der Waals surface area contributed by atoms with Crippen LogP contribution in [-0.4, -0.2) is 39.5 Å². The minimum atomic E-state index is -4.57. The topological polar surface area (TPSA) is 49.4 Å². The Morgan fingerprint density at radius 1 is 1.17 bits per heavy atom. The van der Waals surface area contributed by atoms with Crippen molar-refractivity contribution in [2.75, 3.05) is 26.2 Å². The van der Waals surface area contributed by atoms with Gasteiger partial charge in [0.15, 0.2) is 0 Å². The zero-order chi connectivity index (χ0) is 17.1. The third-order valence-corrected chi connectivity index (χ3v) is 5.45. The van der Waals surface area contributed by atoms with Crippen LogP contribution in [0.5, 0.6) is 0 Å². The van der Waals surface area contributed by atoms with Crippen LogP contribution in [0, 0.1) is 6.92 Å². The van der Waals surface area contributed by atoms with Crippen molar-refractivity contribution >= 4 is 10.0 Å². The lowest BCUT2D eigenvalue weighted by atomic mass is 10.1. The Hall–Kier alpha value is -1.12. The molecular formula is C15H21F3N2O2S. The number of alkyl halides is 3. The Bertz CT molecular complexity index is 639. The first-order valence-corrected chi connectivity index (χ1v) is 9.08. The molecule has 23 heavy (non-hydrogen) atoms. The summed E-state index contributed by atoms with van der Waals surface area (Å²) >= 11 is 0. The van der Waals surface area contributed by atoms with Crippen LogP contribution in [0.15, 0.2) is 23.1 Å². The lowest BCUT2D eigenvalue weighted by molar-refractivity contribution is -0.138. The molecule has 0 aromatic heterocycles. The van der Waals surface area contributed by atoms with Crippen molar-refractivity contribution in [2.24, 2.45) is 0 Å². The van der Waals surface area contributed by atoms with E-state index in [4.69, 9.17) is 0 Å². The summed E-state index contributed by atoms with van der Waals surface area (Å²) < 4.78 is 65.4. The van der Waals surface area contributed by atoms with E-state index in [0.717, 1.165) is 25.9 Å². The number of nitrogens with zero attached hydrogens (tertiary/aromatic N) is 1. The van der Waals surface area contributed by atoms with Crippen LogP contribution >= 0.6 is 0 Å². The Morgan fingerprint density at radius 2 is 1.83 bits per heavy atom. The van der Waals surface area contributed by atoms with Crippen molar-refractivity contribution in [2.45, 2.75) is 37.3 Å². The average molecular weight is 350 g/mol. The molecule has 1 saturated heterocycles. The summed E-state index contributed by atoms with van der Waals surface area (Å²) in [4.78, 5) is 1.80. The van der Waals surface area contributed by atoms with E-state index in [1.807, 2.05) is 0 Å². The molecule has 1 N–H and O–H groups in total. The predicted octanol–water partition coefficient (Wildman–Crippen LogP) is 2.78. The van der Waals surface area contributed by atoms with Gasteiger partial charge in [-0.15, -0.1) is 0 Å². The van der Waals surface area contributed by atoms with Gasteiger partial charge in [-0.05, 0) is 50.6 Å². The van der Waals surface area contributed by atoms with E-state index >= 15 is 0 Å². The minimum Gasteiger partial charge on any atom is -0.302 e. The molecule has 2 rings (SSSR count). The number of aryl methyl sites for hydroxylation is 1. The Labute approximate surface area is 134 Å². The van der Waals surface area contributed by atoms with Crippen LogP contribution in [0.25, 0.3) is 0 Å². The molecule has 0 atom stereocenters. The van der Waals surface area contributed by atoms with Gasteiger partial charge >= 0.3 is 6.18 Å². The van der Waals surface area contributed by atoms with Crippen LogP contribution in [-0.2, 0) is 16.2 Å². The molecule has 130 valence electrons. The molecule has 0 spiro atoms. The van der Waals surface area contributed by atoms with Gasteiger partial charge in [0.2, 0.25) is 10.0 Å². The molecule has 0 radical (unpaired) electrons.